The lowest BCUT2D eigenvalue weighted by molar-refractivity contribution is -0.0493. The van der Waals surface area contributed by atoms with E-state index < -0.39 is 5.92 Å². The van der Waals surface area contributed by atoms with Gasteiger partial charge in [-0.25, -0.2) is 13.8 Å². The fourth-order valence-electron chi connectivity index (χ4n) is 2.98. The number of aromatic nitrogens is 2. The van der Waals surface area contributed by atoms with E-state index in [0.29, 0.717) is 18.8 Å². The maximum atomic E-state index is 13.2. The summed E-state index contributed by atoms with van der Waals surface area (Å²) in [6.45, 7) is 2.98. The number of nitrogens with one attached hydrogen (secondary N) is 1. The minimum absolute atomic E-state index is 0.0259. The van der Waals surface area contributed by atoms with E-state index in [4.69, 9.17) is 0 Å². The first-order chi connectivity index (χ1) is 9.05. The van der Waals surface area contributed by atoms with Crippen molar-refractivity contribution in [1.29, 1.82) is 0 Å². The quantitative estimate of drug-likeness (QED) is 0.892. The van der Waals surface area contributed by atoms with Gasteiger partial charge in [-0.2, -0.15) is 0 Å². The summed E-state index contributed by atoms with van der Waals surface area (Å²) in [4.78, 5) is 4.37. The molecule has 0 saturated heterocycles. The van der Waals surface area contributed by atoms with Crippen molar-refractivity contribution in [2.45, 2.75) is 57.5 Å². The first kappa shape index (κ1) is 14.4. The zero-order valence-corrected chi connectivity index (χ0v) is 11.7. The number of hydrogen-bond donors (Lipinski definition) is 1. The lowest BCUT2D eigenvalue weighted by atomic mass is 9.81. The zero-order chi connectivity index (χ0) is 13.9. The van der Waals surface area contributed by atoms with Crippen LogP contribution in [-0.2, 0) is 13.0 Å². The molecule has 1 N–H and O–H groups in total. The molecule has 0 aromatic carbocycles. The van der Waals surface area contributed by atoms with Crippen LogP contribution in [0.25, 0.3) is 0 Å². The molecule has 0 spiro atoms. The van der Waals surface area contributed by atoms with Gasteiger partial charge in [-0.15, -0.1) is 0 Å². The van der Waals surface area contributed by atoms with Crippen molar-refractivity contribution >= 4 is 0 Å². The van der Waals surface area contributed by atoms with Crippen LogP contribution in [0.5, 0.6) is 0 Å². The van der Waals surface area contributed by atoms with Crippen molar-refractivity contribution < 1.29 is 8.78 Å². The molecule has 1 fully saturated rings. The highest BCUT2D eigenvalue weighted by molar-refractivity contribution is 4.97. The minimum Gasteiger partial charge on any atom is -0.335 e. The van der Waals surface area contributed by atoms with Gasteiger partial charge in [-0.05, 0) is 32.7 Å². The maximum absolute atomic E-state index is 13.2. The maximum Gasteiger partial charge on any atom is 0.248 e. The lowest BCUT2D eigenvalue weighted by Gasteiger charge is -2.33. The van der Waals surface area contributed by atoms with Crippen LogP contribution in [0.15, 0.2) is 12.4 Å². The summed E-state index contributed by atoms with van der Waals surface area (Å²) in [6.07, 6.45) is 5.85. The van der Waals surface area contributed by atoms with E-state index in [-0.39, 0.29) is 18.9 Å². The first-order valence-corrected chi connectivity index (χ1v) is 7.11. The molecule has 0 amide bonds. The van der Waals surface area contributed by atoms with Crippen LogP contribution < -0.4 is 5.32 Å². The van der Waals surface area contributed by atoms with Crippen LogP contribution in [0.2, 0.25) is 0 Å². The van der Waals surface area contributed by atoms with Crippen LogP contribution >= 0.6 is 0 Å². The van der Waals surface area contributed by atoms with Gasteiger partial charge in [0.05, 0.1) is 0 Å². The monoisotopic (exact) mass is 271 g/mol. The van der Waals surface area contributed by atoms with Gasteiger partial charge in [0.25, 0.3) is 0 Å². The van der Waals surface area contributed by atoms with Crippen LogP contribution in [0.3, 0.4) is 0 Å². The van der Waals surface area contributed by atoms with Gasteiger partial charge in [0.15, 0.2) is 0 Å². The molecule has 19 heavy (non-hydrogen) atoms. The molecule has 1 aliphatic rings. The van der Waals surface area contributed by atoms with Gasteiger partial charge in [0, 0.05) is 44.2 Å². The van der Waals surface area contributed by atoms with E-state index in [9.17, 15) is 8.78 Å². The Bertz CT molecular complexity index is 393. The second-order valence-electron chi connectivity index (χ2n) is 5.42. The van der Waals surface area contributed by atoms with Crippen molar-refractivity contribution in [3.05, 3.63) is 18.2 Å². The normalized spacial score (nSPS) is 21.5. The molecule has 0 radical (unpaired) electrons. The second kappa shape index (κ2) is 5.99. The molecule has 3 nitrogen and oxygen atoms in total. The van der Waals surface area contributed by atoms with E-state index in [0.717, 1.165) is 18.8 Å². The van der Waals surface area contributed by atoms with Gasteiger partial charge < -0.3 is 9.88 Å². The van der Waals surface area contributed by atoms with Crippen LogP contribution in [-0.4, -0.2) is 28.6 Å². The third-order valence-electron chi connectivity index (χ3n) is 4.25. The molecule has 1 saturated carbocycles. The van der Waals surface area contributed by atoms with Gasteiger partial charge in [0.2, 0.25) is 5.92 Å². The number of nitrogens with zero attached hydrogens (tertiary/aromatic N) is 2. The van der Waals surface area contributed by atoms with Crippen LogP contribution in [0, 0.1) is 5.92 Å². The SMILES string of the molecule is CCn1ccnc1CC(NC)C1CCC(F)(F)CC1. The molecule has 1 heterocycles. The third kappa shape index (κ3) is 3.53. The Balaban J connectivity index is 1.97. The summed E-state index contributed by atoms with van der Waals surface area (Å²) in [7, 11) is 1.91. The van der Waals surface area contributed by atoms with Gasteiger partial charge in [-0.1, -0.05) is 0 Å². The molecular formula is C14H23F2N3. The summed E-state index contributed by atoms with van der Waals surface area (Å²) >= 11 is 0. The number of hydrogen-bond acceptors (Lipinski definition) is 2. The van der Waals surface area contributed by atoms with E-state index in [1.807, 2.05) is 13.2 Å². The van der Waals surface area contributed by atoms with Crippen molar-refractivity contribution in [2.75, 3.05) is 7.05 Å². The van der Waals surface area contributed by atoms with Crippen LogP contribution in [0.4, 0.5) is 8.78 Å². The van der Waals surface area contributed by atoms with Crippen molar-refractivity contribution in [3.8, 4) is 0 Å². The third-order valence-corrected chi connectivity index (χ3v) is 4.25. The summed E-state index contributed by atoms with van der Waals surface area (Å²) in [5, 5.41) is 3.29. The highest BCUT2D eigenvalue weighted by Crippen LogP contribution is 2.37. The molecule has 108 valence electrons. The van der Waals surface area contributed by atoms with Gasteiger partial charge in [-0.3, -0.25) is 0 Å². The summed E-state index contributed by atoms with van der Waals surface area (Å²) in [5.74, 6) is -1.08. The number of aryl methyl sites for hydroxylation is 1. The Kier molecular flexibility index (Phi) is 4.55. The Morgan fingerprint density at radius 1 is 1.47 bits per heavy atom. The lowest BCUT2D eigenvalue weighted by Crippen LogP contribution is -2.40. The smallest absolute Gasteiger partial charge is 0.248 e. The number of rotatable bonds is 5. The summed E-state index contributed by atoms with van der Waals surface area (Å²) in [6, 6.07) is 0.240. The molecule has 2 rings (SSSR count). The largest absolute Gasteiger partial charge is 0.335 e. The molecule has 1 aliphatic carbocycles. The Hall–Kier alpha value is -0.970. The molecule has 0 aliphatic heterocycles. The highest BCUT2D eigenvalue weighted by atomic mass is 19.3. The fraction of sp³-hybridized carbons (Fsp3) is 0.786. The minimum atomic E-state index is -2.45. The zero-order valence-electron chi connectivity index (χ0n) is 11.7. The summed E-state index contributed by atoms with van der Waals surface area (Å²) in [5.41, 5.74) is 0. The predicted octanol–water partition coefficient (Wildman–Crippen LogP) is 2.86. The molecule has 1 aromatic rings. The van der Waals surface area contributed by atoms with Gasteiger partial charge in [0.1, 0.15) is 5.82 Å². The average Bonchev–Trinajstić information content (AvgIpc) is 2.83. The standard InChI is InChI=1S/C14H23F2N3/c1-3-19-9-8-18-13(19)10-12(17-2)11-4-6-14(15,16)7-5-11/h8-9,11-12,17H,3-7,10H2,1-2H3. The molecule has 1 aromatic heterocycles. The van der Waals surface area contributed by atoms with Gasteiger partial charge >= 0.3 is 0 Å². The molecule has 1 atom stereocenters. The van der Waals surface area contributed by atoms with E-state index in [2.05, 4.69) is 21.8 Å². The number of imidazole rings is 1. The Morgan fingerprint density at radius 3 is 2.74 bits per heavy atom. The van der Waals surface area contributed by atoms with Crippen molar-refractivity contribution in [1.82, 2.24) is 14.9 Å². The molecular weight excluding hydrogens is 248 g/mol. The Morgan fingerprint density at radius 2 is 2.16 bits per heavy atom. The fourth-order valence-corrected chi connectivity index (χ4v) is 2.98. The summed E-state index contributed by atoms with van der Waals surface area (Å²) < 4.78 is 28.5. The van der Waals surface area contributed by atoms with E-state index >= 15 is 0 Å². The molecule has 1 unspecified atom stereocenters. The van der Waals surface area contributed by atoms with Crippen molar-refractivity contribution in [2.24, 2.45) is 5.92 Å². The first-order valence-electron chi connectivity index (χ1n) is 7.11. The molecule has 0 bridgehead atoms. The van der Waals surface area contributed by atoms with Crippen molar-refractivity contribution in [3.63, 3.8) is 0 Å². The average molecular weight is 271 g/mol. The molecule has 5 heteroatoms. The second-order valence-corrected chi connectivity index (χ2v) is 5.42. The number of halogens is 2. The number of likely N-dealkylation sites (N-methyl/N-ethyl adjacent to an activating group) is 1. The van der Waals surface area contributed by atoms with E-state index in [1.165, 1.54) is 0 Å². The van der Waals surface area contributed by atoms with Crippen LogP contribution in [0.1, 0.15) is 38.4 Å². The highest BCUT2D eigenvalue weighted by Gasteiger charge is 2.37. The van der Waals surface area contributed by atoms with E-state index in [1.54, 1.807) is 6.20 Å². The topological polar surface area (TPSA) is 29.9 Å². The number of alkyl halides is 2. The predicted molar refractivity (Wildman–Crippen MR) is 71.4 cm³/mol. The Labute approximate surface area is 113 Å².